The molecule has 2 rings (SSSR count). The van der Waals surface area contributed by atoms with Gasteiger partial charge in [-0.2, -0.15) is 0 Å². The van der Waals surface area contributed by atoms with Gasteiger partial charge in [-0.1, -0.05) is 12.1 Å². The number of aryl methyl sites for hydroxylation is 1. The third-order valence-electron chi connectivity index (χ3n) is 3.71. The number of benzene rings is 2. The van der Waals surface area contributed by atoms with Gasteiger partial charge in [-0.05, 0) is 48.9 Å². The van der Waals surface area contributed by atoms with Crippen LogP contribution in [0.1, 0.15) is 15.9 Å². The predicted octanol–water partition coefficient (Wildman–Crippen LogP) is 2.69. The summed E-state index contributed by atoms with van der Waals surface area (Å²) in [5.41, 5.74) is 2.29. The van der Waals surface area contributed by atoms with Crippen molar-refractivity contribution in [1.82, 2.24) is 0 Å². The first-order valence-corrected chi connectivity index (χ1v) is 9.17. The van der Waals surface area contributed by atoms with Crippen molar-refractivity contribution in [3.05, 3.63) is 59.7 Å². The summed E-state index contributed by atoms with van der Waals surface area (Å²) >= 11 is 0. The van der Waals surface area contributed by atoms with Crippen LogP contribution in [-0.4, -0.2) is 40.8 Å². The van der Waals surface area contributed by atoms with Crippen molar-refractivity contribution < 1.29 is 17.9 Å². The molecule has 0 radical (unpaired) electrons. The van der Waals surface area contributed by atoms with E-state index in [-0.39, 0.29) is 23.2 Å². The van der Waals surface area contributed by atoms with Gasteiger partial charge in [0.2, 0.25) is 0 Å². The van der Waals surface area contributed by atoms with Crippen LogP contribution in [0.3, 0.4) is 0 Å². The third-order valence-corrected chi connectivity index (χ3v) is 5.40. The van der Waals surface area contributed by atoms with E-state index >= 15 is 0 Å². The fourth-order valence-corrected chi connectivity index (χ4v) is 3.44. The Morgan fingerprint density at radius 1 is 1.12 bits per heavy atom. The molecule has 0 aliphatic rings. The number of sulfone groups is 1. The van der Waals surface area contributed by atoms with Gasteiger partial charge in [0.05, 0.1) is 17.3 Å². The number of nitrogens with zero attached hydrogens (tertiary/aromatic N) is 1. The number of amides is 1. The third kappa shape index (κ3) is 4.21. The van der Waals surface area contributed by atoms with Gasteiger partial charge in [0.15, 0.2) is 9.84 Å². The maximum atomic E-state index is 12.5. The minimum Gasteiger partial charge on any atom is -0.384 e. The minimum absolute atomic E-state index is 0.0833. The van der Waals surface area contributed by atoms with Crippen molar-refractivity contribution in [2.45, 2.75) is 11.8 Å². The molecule has 1 amide bonds. The predicted molar refractivity (Wildman–Crippen MR) is 94.3 cm³/mol. The number of ether oxygens (including phenoxy) is 1. The van der Waals surface area contributed by atoms with Crippen LogP contribution in [0.25, 0.3) is 0 Å². The number of methoxy groups -OCH3 is 1. The molecule has 0 saturated heterocycles. The molecule has 0 N–H and O–H groups in total. The standard InChI is InChI=1S/C18H21NO4S/c1-14-5-4-6-16(13-14)19(2)18(20)15-7-9-17(10-8-15)24(21,22)12-11-23-3/h4-10,13H,11-12H2,1-3H3. The molecule has 0 unspecified atom stereocenters. The Bertz CT molecular complexity index is 813. The summed E-state index contributed by atoms with van der Waals surface area (Å²) in [6.07, 6.45) is 0. The lowest BCUT2D eigenvalue weighted by molar-refractivity contribution is 0.0993. The zero-order valence-electron chi connectivity index (χ0n) is 14.0. The molecule has 0 bridgehead atoms. The summed E-state index contributed by atoms with van der Waals surface area (Å²) in [7, 11) is -0.241. The average Bonchev–Trinajstić information content (AvgIpc) is 2.59. The SMILES string of the molecule is COCCS(=O)(=O)c1ccc(C(=O)N(C)c2cccc(C)c2)cc1. The van der Waals surface area contributed by atoms with Crippen LogP contribution in [0.2, 0.25) is 0 Å². The number of hydrogen-bond donors (Lipinski definition) is 0. The first-order chi connectivity index (χ1) is 11.3. The number of anilines is 1. The molecule has 2 aromatic rings. The Hall–Kier alpha value is -2.18. The van der Waals surface area contributed by atoms with Gasteiger partial charge in [0.1, 0.15) is 0 Å². The van der Waals surface area contributed by atoms with E-state index in [1.54, 1.807) is 11.9 Å². The molecule has 24 heavy (non-hydrogen) atoms. The molecule has 128 valence electrons. The highest BCUT2D eigenvalue weighted by Gasteiger charge is 2.17. The maximum absolute atomic E-state index is 12.5. The lowest BCUT2D eigenvalue weighted by Crippen LogP contribution is -2.26. The van der Waals surface area contributed by atoms with Crippen molar-refractivity contribution in [2.24, 2.45) is 0 Å². The molecule has 0 saturated carbocycles. The Balaban J connectivity index is 2.19. The van der Waals surface area contributed by atoms with Gasteiger partial charge < -0.3 is 9.64 Å². The Kier molecular flexibility index (Phi) is 5.75. The van der Waals surface area contributed by atoms with Crippen molar-refractivity contribution in [3.63, 3.8) is 0 Å². The summed E-state index contributed by atoms with van der Waals surface area (Å²) in [6.45, 7) is 2.10. The second kappa shape index (κ2) is 7.59. The Morgan fingerprint density at radius 3 is 2.38 bits per heavy atom. The molecule has 0 spiro atoms. The highest BCUT2D eigenvalue weighted by Crippen LogP contribution is 2.18. The van der Waals surface area contributed by atoms with Gasteiger partial charge in [-0.25, -0.2) is 8.42 Å². The Morgan fingerprint density at radius 2 is 1.79 bits per heavy atom. The first kappa shape index (κ1) is 18.2. The monoisotopic (exact) mass is 347 g/mol. The molecule has 0 aromatic heterocycles. The lowest BCUT2D eigenvalue weighted by Gasteiger charge is -2.18. The van der Waals surface area contributed by atoms with Gasteiger partial charge in [-0.3, -0.25) is 4.79 Å². The van der Waals surface area contributed by atoms with E-state index in [0.29, 0.717) is 5.56 Å². The van der Waals surface area contributed by atoms with E-state index < -0.39 is 9.84 Å². The second-order valence-electron chi connectivity index (χ2n) is 5.54. The van der Waals surface area contributed by atoms with E-state index in [2.05, 4.69) is 0 Å². The number of carbonyl (C=O) groups excluding carboxylic acids is 1. The lowest BCUT2D eigenvalue weighted by atomic mass is 10.1. The summed E-state index contributed by atoms with van der Waals surface area (Å²) < 4.78 is 29.0. The molecule has 0 aliphatic heterocycles. The molecule has 2 aromatic carbocycles. The molecule has 6 heteroatoms. The first-order valence-electron chi connectivity index (χ1n) is 7.51. The fourth-order valence-electron chi connectivity index (χ4n) is 2.26. The molecule has 0 atom stereocenters. The highest BCUT2D eigenvalue weighted by atomic mass is 32.2. The van der Waals surface area contributed by atoms with Crippen LogP contribution in [0.5, 0.6) is 0 Å². The summed E-state index contributed by atoms with van der Waals surface area (Å²) in [5, 5.41) is 0. The topological polar surface area (TPSA) is 63.7 Å². The normalized spacial score (nSPS) is 11.3. The van der Waals surface area contributed by atoms with Crippen molar-refractivity contribution in [3.8, 4) is 0 Å². The van der Waals surface area contributed by atoms with E-state index in [9.17, 15) is 13.2 Å². The highest BCUT2D eigenvalue weighted by molar-refractivity contribution is 7.91. The van der Waals surface area contributed by atoms with Gasteiger partial charge in [0.25, 0.3) is 5.91 Å². The summed E-state index contributed by atoms with van der Waals surface area (Å²) in [6, 6.07) is 13.6. The van der Waals surface area contributed by atoms with Crippen LogP contribution in [0.15, 0.2) is 53.4 Å². The molecule has 0 heterocycles. The summed E-state index contributed by atoms with van der Waals surface area (Å²) in [5.74, 6) is -0.276. The average molecular weight is 347 g/mol. The minimum atomic E-state index is -3.39. The van der Waals surface area contributed by atoms with Gasteiger partial charge >= 0.3 is 0 Å². The molecular weight excluding hydrogens is 326 g/mol. The maximum Gasteiger partial charge on any atom is 0.258 e. The quantitative estimate of drug-likeness (QED) is 0.806. The number of rotatable bonds is 6. The zero-order valence-corrected chi connectivity index (χ0v) is 14.8. The molecule has 5 nitrogen and oxygen atoms in total. The molecule has 0 aliphatic carbocycles. The van der Waals surface area contributed by atoms with Crippen LogP contribution in [0, 0.1) is 6.92 Å². The van der Waals surface area contributed by atoms with E-state index in [0.717, 1.165) is 11.3 Å². The van der Waals surface area contributed by atoms with Gasteiger partial charge in [0, 0.05) is 25.4 Å². The number of hydrogen-bond acceptors (Lipinski definition) is 4. The van der Waals surface area contributed by atoms with Crippen LogP contribution < -0.4 is 4.90 Å². The van der Waals surface area contributed by atoms with Crippen molar-refractivity contribution >= 4 is 21.4 Å². The molecule has 0 fully saturated rings. The smallest absolute Gasteiger partial charge is 0.258 e. The fraction of sp³-hybridized carbons (Fsp3) is 0.278. The summed E-state index contributed by atoms with van der Waals surface area (Å²) in [4.78, 5) is 14.3. The van der Waals surface area contributed by atoms with Crippen molar-refractivity contribution in [1.29, 1.82) is 0 Å². The largest absolute Gasteiger partial charge is 0.384 e. The van der Waals surface area contributed by atoms with E-state index in [4.69, 9.17) is 4.74 Å². The van der Waals surface area contributed by atoms with Crippen LogP contribution in [0.4, 0.5) is 5.69 Å². The van der Waals surface area contributed by atoms with E-state index in [1.165, 1.54) is 31.4 Å². The van der Waals surface area contributed by atoms with Crippen LogP contribution in [-0.2, 0) is 14.6 Å². The number of carbonyl (C=O) groups is 1. The molecular formula is C18H21NO4S. The van der Waals surface area contributed by atoms with Crippen molar-refractivity contribution in [2.75, 3.05) is 31.4 Å². The second-order valence-corrected chi connectivity index (χ2v) is 7.65. The zero-order chi connectivity index (χ0) is 17.7. The Labute approximate surface area is 142 Å². The van der Waals surface area contributed by atoms with E-state index in [1.807, 2.05) is 31.2 Å². The van der Waals surface area contributed by atoms with Crippen LogP contribution >= 0.6 is 0 Å². The van der Waals surface area contributed by atoms with Gasteiger partial charge in [-0.15, -0.1) is 0 Å².